The second-order valence-electron chi connectivity index (χ2n) is 10.5. The van der Waals surface area contributed by atoms with Crippen LogP contribution in [0.15, 0.2) is 158 Å². The van der Waals surface area contributed by atoms with E-state index in [0.29, 0.717) is 16.4 Å². The monoisotopic (exact) mass is 598 g/mol. The highest BCUT2D eigenvalue weighted by atomic mass is 31.2. The van der Waals surface area contributed by atoms with Crippen molar-refractivity contribution in [3.63, 3.8) is 0 Å². The van der Waals surface area contributed by atoms with Gasteiger partial charge in [-0.05, 0) is 42.3 Å². The third-order valence-corrected chi connectivity index (χ3v) is 14.0. The molecule has 0 bridgehead atoms. The van der Waals surface area contributed by atoms with E-state index in [-0.39, 0.29) is 0 Å². The van der Waals surface area contributed by atoms with E-state index in [9.17, 15) is 0 Å². The molecule has 43 heavy (non-hydrogen) atoms. The summed E-state index contributed by atoms with van der Waals surface area (Å²) in [5.74, 6) is 0.633. The van der Waals surface area contributed by atoms with E-state index in [2.05, 4.69) is 6.07 Å². The Labute approximate surface area is 253 Å². The molecule has 3 nitrogen and oxygen atoms in total. The molecule has 0 saturated heterocycles. The Morgan fingerprint density at radius 1 is 0.442 bits per heavy atom. The lowest BCUT2D eigenvalue weighted by molar-refractivity contribution is 0.415. The summed E-state index contributed by atoms with van der Waals surface area (Å²) in [6.45, 7) is 2.02. The van der Waals surface area contributed by atoms with Crippen LogP contribution in [0.3, 0.4) is 0 Å². The number of ether oxygens (including phenoxy) is 1. The van der Waals surface area contributed by atoms with Gasteiger partial charge in [0.1, 0.15) is 5.75 Å². The molecule has 212 valence electrons. The molecule has 0 radical (unpaired) electrons. The lowest BCUT2D eigenvalue weighted by Crippen LogP contribution is -2.29. The van der Waals surface area contributed by atoms with Gasteiger partial charge in [0, 0.05) is 31.8 Å². The summed E-state index contributed by atoms with van der Waals surface area (Å²) >= 11 is 0. The molecule has 5 heteroatoms. The van der Waals surface area contributed by atoms with Crippen molar-refractivity contribution in [2.45, 2.75) is 6.92 Å². The first kappa shape index (κ1) is 28.7. The van der Waals surface area contributed by atoms with Crippen LogP contribution >= 0.6 is 14.3 Å². The third-order valence-electron chi connectivity index (χ3n) is 7.80. The van der Waals surface area contributed by atoms with E-state index in [1.807, 2.05) is 159 Å². The number of rotatable bonds is 8. The van der Waals surface area contributed by atoms with Gasteiger partial charge < -0.3 is 13.9 Å². The largest absolute Gasteiger partial charge is 0.497 e. The summed E-state index contributed by atoms with van der Waals surface area (Å²) in [5, 5.41) is 4.31. The average molecular weight is 599 g/mol. The summed E-state index contributed by atoms with van der Waals surface area (Å²) in [4.78, 5) is 0. The van der Waals surface area contributed by atoms with Crippen LogP contribution in [0.25, 0.3) is 11.1 Å². The molecule has 0 aromatic heterocycles. The molecule has 6 aromatic carbocycles. The predicted molar refractivity (Wildman–Crippen MR) is 182 cm³/mol. The zero-order valence-corrected chi connectivity index (χ0v) is 25.9. The van der Waals surface area contributed by atoms with Crippen LogP contribution in [0.4, 0.5) is 0 Å². The van der Waals surface area contributed by atoms with Crippen molar-refractivity contribution in [3.8, 4) is 16.9 Å². The maximum absolute atomic E-state index is 15.7. The number of hydrogen-bond acceptors (Lipinski definition) is 3. The highest BCUT2D eigenvalue weighted by Crippen LogP contribution is 2.49. The Morgan fingerprint density at radius 3 is 1.16 bits per heavy atom. The molecule has 6 aromatic rings. The van der Waals surface area contributed by atoms with Gasteiger partial charge in [-0.25, -0.2) is 0 Å². The van der Waals surface area contributed by atoms with Crippen molar-refractivity contribution >= 4 is 46.1 Å². The van der Waals surface area contributed by atoms with Gasteiger partial charge >= 0.3 is 0 Å². The molecule has 0 aliphatic carbocycles. The van der Waals surface area contributed by atoms with E-state index in [1.165, 1.54) is 0 Å². The van der Waals surface area contributed by atoms with Crippen LogP contribution in [-0.4, -0.2) is 7.11 Å². The SMILES string of the molecule is COc1ccc(P(=O)(c2ccccc2)c2ccccc2)c(-c2cc(C)ccc2P(=O)(c2ccccc2)c2ccccc2)c1. The van der Waals surface area contributed by atoms with Crippen molar-refractivity contribution in [2.24, 2.45) is 0 Å². The summed E-state index contributed by atoms with van der Waals surface area (Å²) in [7, 11) is -5.13. The van der Waals surface area contributed by atoms with Crippen LogP contribution < -0.4 is 36.6 Å². The van der Waals surface area contributed by atoms with Crippen molar-refractivity contribution in [1.29, 1.82) is 0 Å². The lowest BCUT2D eigenvalue weighted by atomic mass is 10.0. The first-order valence-electron chi connectivity index (χ1n) is 14.2. The topological polar surface area (TPSA) is 43.4 Å². The molecule has 0 saturated carbocycles. The van der Waals surface area contributed by atoms with Gasteiger partial charge in [0.15, 0.2) is 14.3 Å². The van der Waals surface area contributed by atoms with E-state index in [0.717, 1.165) is 37.9 Å². The average Bonchev–Trinajstić information content (AvgIpc) is 3.09. The van der Waals surface area contributed by atoms with E-state index < -0.39 is 14.3 Å². The fourth-order valence-corrected chi connectivity index (χ4v) is 11.4. The maximum atomic E-state index is 15.7. The zero-order valence-electron chi connectivity index (χ0n) is 24.1. The minimum atomic E-state index is -3.39. The predicted octanol–water partition coefficient (Wildman–Crippen LogP) is 6.95. The number of benzene rings is 6. The van der Waals surface area contributed by atoms with Gasteiger partial charge in [0.05, 0.1) is 7.11 Å². The van der Waals surface area contributed by atoms with Crippen molar-refractivity contribution < 1.29 is 13.9 Å². The normalized spacial score (nSPS) is 11.7. The Morgan fingerprint density at radius 2 is 0.791 bits per heavy atom. The Kier molecular flexibility index (Phi) is 8.04. The number of aryl methyl sites for hydroxylation is 1. The van der Waals surface area contributed by atoms with Crippen LogP contribution in [0.5, 0.6) is 5.75 Å². The highest BCUT2D eigenvalue weighted by Gasteiger charge is 2.36. The molecule has 0 aliphatic heterocycles. The van der Waals surface area contributed by atoms with E-state index in [4.69, 9.17) is 4.74 Å². The molecule has 6 rings (SSSR count). The van der Waals surface area contributed by atoms with Crippen LogP contribution in [0.2, 0.25) is 0 Å². The Hall–Kier alpha value is -4.42. The number of methoxy groups -OCH3 is 1. The standard InChI is InChI=1S/C38H32O3P2/c1-29-23-25-37(42(39,31-15-7-3-8-16-31)32-17-9-4-10-18-32)35(27-29)36-28-30(41-2)24-26-38(36)43(40,33-19-11-5-12-20-33)34-21-13-6-14-22-34/h3-28H,1-2H3. The van der Waals surface area contributed by atoms with Gasteiger partial charge in [0.25, 0.3) is 0 Å². The van der Waals surface area contributed by atoms with Crippen LogP contribution in [0.1, 0.15) is 5.56 Å². The third kappa shape index (κ3) is 5.21. The summed E-state index contributed by atoms with van der Waals surface area (Å²) in [6, 6.07) is 50.3. The van der Waals surface area contributed by atoms with Crippen LogP contribution in [-0.2, 0) is 9.13 Å². The van der Waals surface area contributed by atoms with Gasteiger partial charge in [-0.2, -0.15) is 0 Å². The second-order valence-corrected chi connectivity index (χ2v) is 15.9. The van der Waals surface area contributed by atoms with Gasteiger partial charge in [-0.3, -0.25) is 0 Å². The lowest BCUT2D eigenvalue weighted by Gasteiger charge is -2.27. The van der Waals surface area contributed by atoms with Crippen LogP contribution in [0, 0.1) is 6.92 Å². The summed E-state index contributed by atoms with van der Waals surface area (Å²) < 4.78 is 37.1. The van der Waals surface area contributed by atoms with E-state index in [1.54, 1.807) is 7.11 Å². The van der Waals surface area contributed by atoms with Gasteiger partial charge in [-0.15, -0.1) is 0 Å². The summed E-state index contributed by atoms with van der Waals surface area (Å²) in [6.07, 6.45) is 0. The smallest absolute Gasteiger partial charge is 0.171 e. The fourth-order valence-electron chi connectivity index (χ4n) is 5.68. The molecule has 0 heterocycles. The molecule has 0 aliphatic rings. The van der Waals surface area contributed by atoms with Crippen molar-refractivity contribution in [3.05, 3.63) is 163 Å². The van der Waals surface area contributed by atoms with Gasteiger partial charge in [-0.1, -0.05) is 139 Å². The molecule has 0 N–H and O–H groups in total. The van der Waals surface area contributed by atoms with Crippen molar-refractivity contribution in [2.75, 3.05) is 7.11 Å². The molecule has 0 spiro atoms. The molecule has 0 unspecified atom stereocenters. The second kappa shape index (κ2) is 12.1. The molecular weight excluding hydrogens is 566 g/mol. The first-order valence-corrected chi connectivity index (χ1v) is 17.6. The number of hydrogen-bond donors (Lipinski definition) is 0. The highest BCUT2D eigenvalue weighted by molar-refractivity contribution is 7.86. The zero-order chi connectivity index (χ0) is 29.9. The summed E-state index contributed by atoms with van der Waals surface area (Å²) in [5.41, 5.74) is 2.52. The first-order chi connectivity index (χ1) is 21.0. The van der Waals surface area contributed by atoms with Crippen molar-refractivity contribution in [1.82, 2.24) is 0 Å². The minimum absolute atomic E-state index is 0.633. The van der Waals surface area contributed by atoms with Gasteiger partial charge in [0.2, 0.25) is 0 Å². The quantitative estimate of drug-likeness (QED) is 0.178. The molecule has 0 atom stereocenters. The molecule has 0 amide bonds. The maximum Gasteiger partial charge on any atom is 0.171 e. The minimum Gasteiger partial charge on any atom is -0.497 e. The fraction of sp³-hybridized carbons (Fsp3) is 0.0526. The Bertz CT molecular complexity index is 1870. The Balaban J connectivity index is 1.72. The van der Waals surface area contributed by atoms with E-state index >= 15 is 9.13 Å². The molecule has 0 fully saturated rings. The molecular formula is C38H32O3P2.